The number of amides is 1. The fourth-order valence-corrected chi connectivity index (χ4v) is 3.58. The lowest BCUT2D eigenvalue weighted by atomic mass is 10.0. The number of nitrogens with zero attached hydrogens (tertiary/aromatic N) is 3. The van der Waals surface area contributed by atoms with Crippen molar-refractivity contribution in [3.8, 4) is 0 Å². The first kappa shape index (κ1) is 21.9. The van der Waals surface area contributed by atoms with Crippen molar-refractivity contribution < 1.29 is 14.7 Å². The third kappa shape index (κ3) is 5.09. The Morgan fingerprint density at radius 3 is 2.34 bits per heavy atom. The Morgan fingerprint density at radius 2 is 1.69 bits per heavy atom. The van der Waals surface area contributed by atoms with Crippen LogP contribution in [0.2, 0.25) is 10.0 Å². The molecule has 0 fully saturated rings. The molecule has 1 amide bonds. The molecule has 0 aliphatic carbocycles. The number of rotatable bonds is 7. The summed E-state index contributed by atoms with van der Waals surface area (Å²) >= 11 is 12.1. The fourth-order valence-electron chi connectivity index (χ4n) is 3.33. The first-order chi connectivity index (χ1) is 15.4. The monoisotopic (exact) mass is 471 g/mol. The van der Waals surface area contributed by atoms with Gasteiger partial charge in [-0.2, -0.15) is 4.98 Å². The van der Waals surface area contributed by atoms with Gasteiger partial charge in [0.25, 0.3) is 5.95 Å². The Balaban J connectivity index is 1.62. The van der Waals surface area contributed by atoms with E-state index in [0.29, 0.717) is 16.0 Å². The molecule has 1 aliphatic rings. The molecule has 3 aromatic rings. The summed E-state index contributed by atoms with van der Waals surface area (Å²) < 4.78 is 1.68. The molecule has 1 atom stereocenters. The molecule has 0 unspecified atom stereocenters. The number of fused-ring (bicyclic) bond motifs is 1. The van der Waals surface area contributed by atoms with Gasteiger partial charge in [-0.1, -0.05) is 47.5 Å². The van der Waals surface area contributed by atoms with Gasteiger partial charge in [-0.25, -0.2) is 4.68 Å². The quantitative estimate of drug-likeness (QED) is 0.454. The highest BCUT2D eigenvalue weighted by molar-refractivity contribution is 6.30. The van der Waals surface area contributed by atoms with Gasteiger partial charge in [0.05, 0.1) is 0 Å². The van der Waals surface area contributed by atoms with Gasteiger partial charge in [-0.3, -0.25) is 14.9 Å². The molecule has 0 radical (unpaired) electrons. The van der Waals surface area contributed by atoms with Gasteiger partial charge in [-0.15, -0.1) is 5.10 Å². The molecule has 2 heterocycles. The number of benzene rings is 2. The lowest BCUT2D eigenvalue weighted by Crippen LogP contribution is -2.20. The van der Waals surface area contributed by atoms with E-state index in [1.807, 2.05) is 30.3 Å². The largest absolute Gasteiger partial charge is 0.481 e. The van der Waals surface area contributed by atoms with Crippen molar-refractivity contribution in [2.24, 2.45) is 0 Å². The number of allylic oxidation sites excluding steroid dienone is 1. The first-order valence-electron chi connectivity index (χ1n) is 9.87. The molecular weight excluding hydrogens is 453 g/mol. The minimum Gasteiger partial charge on any atom is -0.481 e. The Bertz CT molecular complexity index is 1170. The SMILES string of the molecule is O=C(O)CCCC(=O)Nc1nc2n(n1)[C@H](c1ccc(Cl)cc1)C=C(c1ccc(Cl)cc1)N2. The third-order valence-electron chi connectivity index (χ3n) is 4.88. The van der Waals surface area contributed by atoms with Crippen LogP contribution in [0.15, 0.2) is 54.6 Å². The average molecular weight is 472 g/mol. The van der Waals surface area contributed by atoms with E-state index in [1.54, 1.807) is 28.9 Å². The van der Waals surface area contributed by atoms with Gasteiger partial charge in [0.15, 0.2) is 0 Å². The predicted octanol–water partition coefficient (Wildman–Crippen LogP) is 4.83. The molecular formula is C22H19Cl2N5O3. The standard InChI is InChI=1S/C22H19Cl2N5O3/c23-15-8-4-13(5-9-15)17-12-18(14-6-10-16(24)11-7-14)29-22(25-17)27-21(28-29)26-19(30)2-1-3-20(31)32/h4-12,18H,1-3H2,(H,31,32)(H2,25,26,27,28,30)/t18-/m0/s1. The van der Waals surface area contributed by atoms with E-state index in [1.165, 1.54) is 0 Å². The van der Waals surface area contributed by atoms with Crippen molar-refractivity contribution in [1.82, 2.24) is 14.8 Å². The normalized spacial score (nSPS) is 14.8. The second-order valence-electron chi connectivity index (χ2n) is 7.21. The van der Waals surface area contributed by atoms with E-state index in [-0.39, 0.29) is 37.2 Å². The highest BCUT2D eigenvalue weighted by Gasteiger charge is 2.26. The lowest BCUT2D eigenvalue weighted by molar-refractivity contribution is -0.137. The number of nitrogens with one attached hydrogen (secondary N) is 2. The molecule has 1 aromatic heterocycles. The second-order valence-corrected chi connectivity index (χ2v) is 8.08. The number of hydrogen-bond donors (Lipinski definition) is 3. The van der Waals surface area contributed by atoms with E-state index in [4.69, 9.17) is 28.3 Å². The zero-order valence-corrected chi connectivity index (χ0v) is 18.3. The van der Waals surface area contributed by atoms with Crippen LogP contribution in [0.25, 0.3) is 5.70 Å². The molecule has 164 valence electrons. The van der Waals surface area contributed by atoms with Crippen LogP contribution in [0, 0.1) is 0 Å². The average Bonchev–Trinajstić information content (AvgIpc) is 3.16. The number of aromatic nitrogens is 3. The molecule has 2 aromatic carbocycles. The zero-order valence-electron chi connectivity index (χ0n) is 16.8. The van der Waals surface area contributed by atoms with Gasteiger partial charge in [0, 0.05) is 28.6 Å². The molecule has 8 nitrogen and oxygen atoms in total. The number of carbonyl (C=O) groups is 2. The van der Waals surface area contributed by atoms with Crippen LogP contribution in [-0.2, 0) is 9.59 Å². The van der Waals surface area contributed by atoms with E-state index < -0.39 is 5.97 Å². The highest BCUT2D eigenvalue weighted by atomic mass is 35.5. The van der Waals surface area contributed by atoms with Crippen LogP contribution in [-0.4, -0.2) is 31.7 Å². The molecule has 4 rings (SSSR count). The van der Waals surface area contributed by atoms with Crippen LogP contribution in [0.5, 0.6) is 0 Å². The highest BCUT2D eigenvalue weighted by Crippen LogP contribution is 2.34. The van der Waals surface area contributed by atoms with E-state index in [2.05, 4.69) is 20.7 Å². The summed E-state index contributed by atoms with van der Waals surface area (Å²) in [6, 6.07) is 14.5. The minimum absolute atomic E-state index is 0.0679. The summed E-state index contributed by atoms with van der Waals surface area (Å²) in [5, 5.41) is 20.3. The Kier molecular flexibility index (Phi) is 6.43. The number of anilines is 2. The summed E-state index contributed by atoms with van der Waals surface area (Å²) in [5.41, 5.74) is 2.68. The topological polar surface area (TPSA) is 109 Å². The van der Waals surface area contributed by atoms with Crippen LogP contribution >= 0.6 is 23.2 Å². The zero-order chi connectivity index (χ0) is 22.7. The van der Waals surface area contributed by atoms with E-state index in [0.717, 1.165) is 16.8 Å². The number of hydrogen-bond acceptors (Lipinski definition) is 5. The van der Waals surface area contributed by atoms with Gasteiger partial charge in [0.1, 0.15) is 6.04 Å². The molecule has 0 spiro atoms. The van der Waals surface area contributed by atoms with Crippen molar-refractivity contribution in [2.45, 2.75) is 25.3 Å². The molecule has 1 aliphatic heterocycles. The number of aliphatic carboxylic acids is 1. The number of carbonyl (C=O) groups excluding carboxylic acids is 1. The van der Waals surface area contributed by atoms with Crippen molar-refractivity contribution in [3.63, 3.8) is 0 Å². The van der Waals surface area contributed by atoms with Gasteiger partial charge in [0.2, 0.25) is 11.9 Å². The van der Waals surface area contributed by atoms with Gasteiger partial charge < -0.3 is 10.4 Å². The summed E-state index contributed by atoms with van der Waals surface area (Å²) in [6.07, 6.45) is 2.24. The van der Waals surface area contributed by atoms with Crippen LogP contribution in [0.3, 0.4) is 0 Å². The maximum Gasteiger partial charge on any atom is 0.303 e. The third-order valence-corrected chi connectivity index (χ3v) is 5.38. The van der Waals surface area contributed by atoms with E-state index in [9.17, 15) is 9.59 Å². The molecule has 10 heteroatoms. The van der Waals surface area contributed by atoms with Crippen molar-refractivity contribution >= 4 is 52.7 Å². The Labute approximate surface area is 193 Å². The molecule has 0 saturated carbocycles. The Hall–Kier alpha value is -3.36. The van der Waals surface area contributed by atoms with Crippen molar-refractivity contribution in [2.75, 3.05) is 10.6 Å². The summed E-state index contributed by atoms with van der Waals surface area (Å²) in [5.74, 6) is -0.692. The maximum absolute atomic E-state index is 12.2. The van der Waals surface area contributed by atoms with Crippen molar-refractivity contribution in [3.05, 3.63) is 75.8 Å². The van der Waals surface area contributed by atoms with Crippen LogP contribution < -0.4 is 10.6 Å². The molecule has 32 heavy (non-hydrogen) atoms. The van der Waals surface area contributed by atoms with Gasteiger partial charge >= 0.3 is 5.97 Å². The van der Waals surface area contributed by atoms with Gasteiger partial charge in [-0.05, 0) is 47.9 Å². The Morgan fingerprint density at radius 1 is 1.03 bits per heavy atom. The van der Waals surface area contributed by atoms with Crippen LogP contribution in [0.4, 0.5) is 11.9 Å². The number of halogens is 2. The van der Waals surface area contributed by atoms with E-state index >= 15 is 0 Å². The lowest BCUT2D eigenvalue weighted by Gasteiger charge is -2.24. The summed E-state index contributed by atoms with van der Waals surface area (Å²) in [4.78, 5) is 27.2. The fraction of sp³-hybridized carbons (Fsp3) is 0.182. The minimum atomic E-state index is -0.941. The predicted molar refractivity (Wildman–Crippen MR) is 123 cm³/mol. The smallest absolute Gasteiger partial charge is 0.303 e. The molecule has 3 N–H and O–H groups in total. The molecule has 0 saturated heterocycles. The van der Waals surface area contributed by atoms with Crippen LogP contribution in [0.1, 0.15) is 36.4 Å². The summed E-state index contributed by atoms with van der Waals surface area (Å²) in [7, 11) is 0. The number of carboxylic acids is 1. The molecule has 0 bridgehead atoms. The summed E-state index contributed by atoms with van der Waals surface area (Å²) in [6.45, 7) is 0. The number of carboxylic acid groups (broad SMARTS) is 1. The maximum atomic E-state index is 12.2. The second kappa shape index (κ2) is 9.42. The van der Waals surface area contributed by atoms with Crippen molar-refractivity contribution in [1.29, 1.82) is 0 Å². The first-order valence-corrected chi connectivity index (χ1v) is 10.6.